The predicted molar refractivity (Wildman–Crippen MR) is 76.3 cm³/mol. The number of anilines is 1. The van der Waals surface area contributed by atoms with E-state index in [4.69, 9.17) is 0 Å². The van der Waals surface area contributed by atoms with Crippen LogP contribution in [0.1, 0.15) is 31.9 Å². The number of carbonyl (C=O) groups is 2. The molecule has 0 aromatic carbocycles. The predicted octanol–water partition coefficient (Wildman–Crippen LogP) is 0.603. The number of carbonyl (C=O) groups excluding carboxylic acids is 2. The normalized spacial score (nSPS) is 20.8. The van der Waals surface area contributed by atoms with Crippen LogP contribution in [0.5, 0.6) is 0 Å². The highest BCUT2D eigenvalue weighted by atomic mass is 16.2. The number of rotatable bonds is 4. The van der Waals surface area contributed by atoms with Gasteiger partial charge < -0.3 is 10.2 Å². The van der Waals surface area contributed by atoms with Gasteiger partial charge in [0.1, 0.15) is 11.9 Å². The Hall–Kier alpha value is -1.95. The minimum atomic E-state index is -0.340. The fourth-order valence-electron chi connectivity index (χ4n) is 2.30. The zero-order valence-electron chi connectivity index (χ0n) is 12.0. The minimum Gasteiger partial charge on any atom is -0.335 e. The van der Waals surface area contributed by atoms with E-state index < -0.39 is 0 Å². The van der Waals surface area contributed by atoms with Crippen LogP contribution >= 0.6 is 0 Å². The van der Waals surface area contributed by atoms with Crippen LogP contribution in [-0.4, -0.2) is 36.4 Å². The molecule has 2 heterocycles. The fourth-order valence-corrected chi connectivity index (χ4v) is 2.30. The number of hydrogen-bond donors (Lipinski definition) is 2. The standard InChI is InChI=1S/C14H20N4O2/c1-4-11-14(20)17-13(19)8-18(11)12-6-5-10(7-16-12)9(2)15-3/h5-7,9,11,15H,4,8H2,1-3H3,(H,17,19,20). The topological polar surface area (TPSA) is 74.3 Å². The van der Waals surface area contributed by atoms with Crippen LogP contribution in [0, 0.1) is 0 Å². The van der Waals surface area contributed by atoms with Gasteiger partial charge in [0.2, 0.25) is 11.8 Å². The second-order valence-corrected chi connectivity index (χ2v) is 4.92. The average molecular weight is 276 g/mol. The Morgan fingerprint density at radius 2 is 2.25 bits per heavy atom. The van der Waals surface area contributed by atoms with Gasteiger partial charge in [0.15, 0.2) is 0 Å². The lowest BCUT2D eigenvalue weighted by Crippen LogP contribution is -2.58. The zero-order chi connectivity index (χ0) is 14.7. The molecule has 0 saturated carbocycles. The van der Waals surface area contributed by atoms with Crippen molar-refractivity contribution in [2.24, 2.45) is 0 Å². The number of hydrogen-bond acceptors (Lipinski definition) is 5. The summed E-state index contributed by atoms with van der Waals surface area (Å²) >= 11 is 0. The molecule has 1 aromatic heterocycles. The highest BCUT2D eigenvalue weighted by Crippen LogP contribution is 2.20. The van der Waals surface area contributed by atoms with Crippen LogP contribution in [0.2, 0.25) is 0 Å². The van der Waals surface area contributed by atoms with Crippen LogP contribution in [-0.2, 0) is 9.59 Å². The number of aromatic nitrogens is 1. The molecule has 6 nitrogen and oxygen atoms in total. The van der Waals surface area contributed by atoms with E-state index in [-0.39, 0.29) is 30.4 Å². The number of amides is 2. The van der Waals surface area contributed by atoms with E-state index >= 15 is 0 Å². The van der Waals surface area contributed by atoms with E-state index in [2.05, 4.69) is 15.6 Å². The van der Waals surface area contributed by atoms with Crippen LogP contribution in [0.25, 0.3) is 0 Å². The van der Waals surface area contributed by atoms with Gasteiger partial charge >= 0.3 is 0 Å². The quantitative estimate of drug-likeness (QED) is 0.788. The van der Waals surface area contributed by atoms with E-state index in [1.54, 1.807) is 11.1 Å². The monoisotopic (exact) mass is 276 g/mol. The third kappa shape index (κ3) is 2.80. The lowest BCUT2D eigenvalue weighted by Gasteiger charge is -2.34. The summed E-state index contributed by atoms with van der Waals surface area (Å²) in [5.74, 6) is 0.125. The second-order valence-electron chi connectivity index (χ2n) is 4.92. The molecule has 6 heteroatoms. The molecule has 0 aliphatic carbocycles. The van der Waals surface area contributed by atoms with Crippen LogP contribution in [0.3, 0.4) is 0 Å². The van der Waals surface area contributed by atoms with E-state index in [0.29, 0.717) is 12.2 Å². The van der Waals surface area contributed by atoms with Crippen molar-refractivity contribution in [3.63, 3.8) is 0 Å². The van der Waals surface area contributed by atoms with Gasteiger partial charge in [0.05, 0.1) is 6.54 Å². The maximum absolute atomic E-state index is 11.8. The number of pyridine rings is 1. The summed E-state index contributed by atoms with van der Waals surface area (Å²) in [6.07, 6.45) is 2.41. The molecule has 1 saturated heterocycles. The molecule has 2 unspecified atom stereocenters. The van der Waals surface area contributed by atoms with Gasteiger partial charge in [-0.05, 0) is 32.0 Å². The summed E-state index contributed by atoms with van der Waals surface area (Å²) in [6.45, 7) is 4.13. The van der Waals surface area contributed by atoms with Gasteiger partial charge in [-0.2, -0.15) is 0 Å². The van der Waals surface area contributed by atoms with Gasteiger partial charge in [-0.15, -0.1) is 0 Å². The highest BCUT2D eigenvalue weighted by molar-refractivity contribution is 6.04. The molecule has 2 N–H and O–H groups in total. The van der Waals surface area contributed by atoms with Crippen LogP contribution in [0.15, 0.2) is 18.3 Å². The molecule has 0 spiro atoms. The molecule has 20 heavy (non-hydrogen) atoms. The van der Waals surface area contributed by atoms with Crippen molar-refractivity contribution in [1.29, 1.82) is 0 Å². The van der Waals surface area contributed by atoms with E-state index in [1.165, 1.54) is 0 Å². The number of nitrogens with one attached hydrogen (secondary N) is 2. The van der Waals surface area contributed by atoms with Gasteiger partial charge in [0.25, 0.3) is 0 Å². The number of imide groups is 1. The number of nitrogens with zero attached hydrogens (tertiary/aromatic N) is 2. The zero-order valence-corrected chi connectivity index (χ0v) is 12.0. The Morgan fingerprint density at radius 3 is 2.80 bits per heavy atom. The van der Waals surface area contributed by atoms with Gasteiger partial charge in [-0.1, -0.05) is 13.0 Å². The summed E-state index contributed by atoms with van der Waals surface area (Å²) in [5.41, 5.74) is 1.07. The molecule has 1 aliphatic heterocycles. The Balaban J connectivity index is 2.24. The molecular formula is C14H20N4O2. The summed E-state index contributed by atoms with van der Waals surface area (Å²) in [5, 5.41) is 5.50. The highest BCUT2D eigenvalue weighted by Gasteiger charge is 2.33. The average Bonchev–Trinajstić information content (AvgIpc) is 2.46. The van der Waals surface area contributed by atoms with Crippen molar-refractivity contribution >= 4 is 17.6 Å². The molecule has 0 radical (unpaired) electrons. The van der Waals surface area contributed by atoms with Crippen molar-refractivity contribution in [2.45, 2.75) is 32.4 Å². The summed E-state index contributed by atoms with van der Waals surface area (Å²) in [4.78, 5) is 29.5. The van der Waals surface area contributed by atoms with E-state index in [9.17, 15) is 9.59 Å². The minimum absolute atomic E-state index is 0.165. The first kappa shape index (κ1) is 14.5. The van der Waals surface area contributed by atoms with Crippen molar-refractivity contribution in [3.05, 3.63) is 23.9 Å². The first-order valence-corrected chi connectivity index (χ1v) is 6.80. The van der Waals surface area contributed by atoms with Crippen molar-refractivity contribution < 1.29 is 9.59 Å². The Labute approximate surface area is 118 Å². The molecule has 108 valence electrons. The Morgan fingerprint density at radius 1 is 1.50 bits per heavy atom. The fraction of sp³-hybridized carbons (Fsp3) is 0.500. The first-order valence-electron chi connectivity index (χ1n) is 6.80. The molecule has 1 aliphatic rings. The molecule has 1 fully saturated rings. The first-order chi connectivity index (χ1) is 9.56. The lowest BCUT2D eigenvalue weighted by atomic mass is 10.1. The maximum atomic E-state index is 11.8. The molecule has 1 aromatic rings. The van der Waals surface area contributed by atoms with Crippen molar-refractivity contribution in [1.82, 2.24) is 15.6 Å². The molecule has 2 amide bonds. The third-order valence-corrected chi connectivity index (χ3v) is 3.64. The van der Waals surface area contributed by atoms with Crippen LogP contribution in [0.4, 0.5) is 5.82 Å². The van der Waals surface area contributed by atoms with Crippen molar-refractivity contribution in [2.75, 3.05) is 18.5 Å². The molecule has 2 atom stereocenters. The molecular weight excluding hydrogens is 256 g/mol. The van der Waals surface area contributed by atoms with E-state index in [1.807, 2.05) is 33.0 Å². The largest absolute Gasteiger partial charge is 0.335 e. The molecule has 2 rings (SSSR count). The summed E-state index contributed by atoms with van der Waals surface area (Å²) < 4.78 is 0. The smallest absolute Gasteiger partial charge is 0.249 e. The molecule has 0 bridgehead atoms. The Kier molecular flexibility index (Phi) is 4.34. The lowest BCUT2D eigenvalue weighted by molar-refractivity contribution is -0.132. The van der Waals surface area contributed by atoms with Gasteiger partial charge in [-0.3, -0.25) is 14.9 Å². The van der Waals surface area contributed by atoms with E-state index in [0.717, 1.165) is 5.56 Å². The summed E-state index contributed by atoms with van der Waals surface area (Å²) in [6, 6.07) is 3.70. The second kappa shape index (κ2) is 6.00. The van der Waals surface area contributed by atoms with Gasteiger partial charge in [0, 0.05) is 12.2 Å². The third-order valence-electron chi connectivity index (χ3n) is 3.64. The maximum Gasteiger partial charge on any atom is 0.249 e. The SMILES string of the molecule is CCC1C(=O)NC(=O)CN1c1ccc(C(C)NC)cn1. The van der Waals surface area contributed by atoms with Crippen molar-refractivity contribution in [3.8, 4) is 0 Å². The Bertz CT molecular complexity index is 500. The number of piperazine rings is 1. The van der Waals surface area contributed by atoms with Gasteiger partial charge in [-0.25, -0.2) is 4.98 Å². The van der Waals surface area contributed by atoms with Crippen LogP contribution < -0.4 is 15.5 Å². The summed E-state index contributed by atoms with van der Waals surface area (Å²) in [7, 11) is 1.89.